The summed E-state index contributed by atoms with van der Waals surface area (Å²) in [5, 5.41) is 17.3. The van der Waals surface area contributed by atoms with Crippen LogP contribution in [-0.2, 0) is 7.05 Å². The fourth-order valence-corrected chi connectivity index (χ4v) is 3.81. The molecule has 5 aromatic rings. The van der Waals surface area contributed by atoms with Gasteiger partial charge >= 0.3 is 0 Å². The average molecular weight is 448 g/mol. The zero-order chi connectivity index (χ0) is 23.7. The molecule has 0 saturated heterocycles. The third kappa shape index (κ3) is 4.02. The fraction of sp³-hybridized carbons (Fsp3) is 0.115. The van der Waals surface area contributed by atoms with E-state index in [1.54, 1.807) is 35.4 Å². The maximum atomic E-state index is 9.02. The Labute approximate surface area is 196 Å². The van der Waals surface area contributed by atoms with Crippen LogP contribution in [0.2, 0.25) is 0 Å². The summed E-state index contributed by atoms with van der Waals surface area (Å²) < 4.78 is 8.05. The van der Waals surface area contributed by atoms with Crippen LogP contribution in [0.5, 0.6) is 11.6 Å². The standard InChI is InChI=1S/C26H21N7O/c1-16-12-20(19-8-10-28-11-9-19)13-17(2)23(16)34-25-22-15-29-33(3)24(22)31-26(32-25)30-21-6-4-18(14-27)5-7-21/h4-13,15H,1-3H3,(H,30,31,32). The minimum atomic E-state index is 0.375. The van der Waals surface area contributed by atoms with Crippen molar-refractivity contribution in [1.29, 1.82) is 5.26 Å². The second-order valence-electron chi connectivity index (χ2n) is 7.95. The van der Waals surface area contributed by atoms with E-state index in [0.29, 0.717) is 28.4 Å². The van der Waals surface area contributed by atoms with Gasteiger partial charge in [0, 0.05) is 25.1 Å². The van der Waals surface area contributed by atoms with Crippen LogP contribution in [0.15, 0.2) is 67.1 Å². The van der Waals surface area contributed by atoms with Gasteiger partial charge in [0.15, 0.2) is 5.65 Å². The van der Waals surface area contributed by atoms with Crippen LogP contribution in [0.25, 0.3) is 22.2 Å². The van der Waals surface area contributed by atoms with Crippen molar-refractivity contribution in [2.45, 2.75) is 13.8 Å². The van der Waals surface area contributed by atoms with E-state index in [9.17, 15) is 0 Å². The highest BCUT2D eigenvalue weighted by atomic mass is 16.5. The highest BCUT2D eigenvalue weighted by Crippen LogP contribution is 2.35. The SMILES string of the molecule is Cc1cc(-c2ccncc2)cc(C)c1Oc1nc(Nc2ccc(C#N)cc2)nc2c1cnn2C. The van der Waals surface area contributed by atoms with Crippen molar-refractivity contribution < 1.29 is 4.74 Å². The Kier molecular flexibility index (Phi) is 5.36. The van der Waals surface area contributed by atoms with Crippen molar-refractivity contribution >= 4 is 22.7 Å². The first-order chi connectivity index (χ1) is 16.5. The summed E-state index contributed by atoms with van der Waals surface area (Å²) in [6.45, 7) is 4.04. The van der Waals surface area contributed by atoms with Gasteiger partial charge in [-0.1, -0.05) is 0 Å². The molecule has 3 aromatic heterocycles. The number of hydrogen-bond acceptors (Lipinski definition) is 7. The molecule has 0 bridgehead atoms. The Balaban J connectivity index is 1.53. The van der Waals surface area contributed by atoms with Crippen LogP contribution in [0.4, 0.5) is 11.6 Å². The van der Waals surface area contributed by atoms with Crippen molar-refractivity contribution in [1.82, 2.24) is 24.7 Å². The second-order valence-corrected chi connectivity index (χ2v) is 7.95. The summed E-state index contributed by atoms with van der Waals surface area (Å²) in [7, 11) is 1.82. The molecule has 8 nitrogen and oxygen atoms in total. The van der Waals surface area contributed by atoms with E-state index in [4.69, 9.17) is 10.00 Å². The molecule has 3 heterocycles. The van der Waals surface area contributed by atoms with Crippen molar-refractivity contribution in [3.05, 3.63) is 83.8 Å². The monoisotopic (exact) mass is 447 g/mol. The van der Waals surface area contributed by atoms with E-state index in [0.717, 1.165) is 33.7 Å². The molecule has 0 fully saturated rings. The van der Waals surface area contributed by atoms with Crippen LogP contribution in [0.3, 0.4) is 0 Å². The van der Waals surface area contributed by atoms with Gasteiger partial charge in [-0.25, -0.2) is 0 Å². The zero-order valence-corrected chi connectivity index (χ0v) is 18.9. The third-order valence-electron chi connectivity index (χ3n) is 5.50. The molecule has 34 heavy (non-hydrogen) atoms. The molecule has 0 atom stereocenters. The van der Waals surface area contributed by atoms with Crippen LogP contribution in [0.1, 0.15) is 16.7 Å². The minimum absolute atomic E-state index is 0.375. The molecule has 0 aliphatic heterocycles. The summed E-state index contributed by atoms with van der Waals surface area (Å²) >= 11 is 0. The van der Waals surface area contributed by atoms with E-state index in [-0.39, 0.29) is 0 Å². The molecule has 0 spiro atoms. The van der Waals surface area contributed by atoms with Gasteiger partial charge in [0.25, 0.3) is 0 Å². The first-order valence-corrected chi connectivity index (χ1v) is 10.7. The molecule has 0 amide bonds. The van der Waals surface area contributed by atoms with E-state index in [2.05, 4.69) is 43.6 Å². The third-order valence-corrected chi connectivity index (χ3v) is 5.50. The molecule has 0 unspecified atom stereocenters. The van der Waals surface area contributed by atoms with Gasteiger partial charge < -0.3 is 10.1 Å². The molecule has 2 aromatic carbocycles. The van der Waals surface area contributed by atoms with E-state index in [1.807, 2.05) is 45.2 Å². The van der Waals surface area contributed by atoms with E-state index >= 15 is 0 Å². The number of ether oxygens (including phenoxy) is 1. The van der Waals surface area contributed by atoms with E-state index in [1.165, 1.54) is 0 Å². The number of nitrogens with one attached hydrogen (secondary N) is 1. The Hall–Kier alpha value is -4.77. The summed E-state index contributed by atoms with van der Waals surface area (Å²) in [6.07, 6.45) is 5.27. The van der Waals surface area contributed by atoms with Gasteiger partial charge in [-0.3, -0.25) is 9.67 Å². The average Bonchev–Trinajstić information content (AvgIpc) is 3.23. The summed E-state index contributed by atoms with van der Waals surface area (Å²) in [4.78, 5) is 13.3. The van der Waals surface area contributed by atoms with Gasteiger partial charge in [-0.2, -0.15) is 20.3 Å². The second kappa shape index (κ2) is 8.64. The lowest BCUT2D eigenvalue weighted by Crippen LogP contribution is -2.02. The largest absolute Gasteiger partial charge is 0.437 e. The summed E-state index contributed by atoms with van der Waals surface area (Å²) in [6, 6.07) is 17.4. The predicted molar refractivity (Wildman–Crippen MR) is 130 cm³/mol. The van der Waals surface area contributed by atoms with Crippen molar-refractivity contribution in [3.8, 4) is 28.8 Å². The number of nitrogens with zero attached hydrogens (tertiary/aromatic N) is 6. The molecular weight excluding hydrogens is 426 g/mol. The van der Waals surface area contributed by atoms with Crippen molar-refractivity contribution in [2.24, 2.45) is 7.05 Å². The zero-order valence-electron chi connectivity index (χ0n) is 18.9. The number of hydrogen-bond donors (Lipinski definition) is 1. The smallest absolute Gasteiger partial charge is 0.235 e. The van der Waals surface area contributed by atoms with Crippen LogP contribution < -0.4 is 10.1 Å². The van der Waals surface area contributed by atoms with Gasteiger partial charge in [0.05, 0.1) is 17.8 Å². The Morgan fingerprint density at radius 3 is 2.32 bits per heavy atom. The minimum Gasteiger partial charge on any atom is -0.437 e. The molecule has 0 aliphatic rings. The summed E-state index contributed by atoms with van der Waals surface area (Å²) in [5.74, 6) is 1.53. The van der Waals surface area contributed by atoms with E-state index < -0.39 is 0 Å². The lowest BCUT2D eigenvalue weighted by molar-refractivity contribution is 0.462. The van der Waals surface area contributed by atoms with Gasteiger partial charge in [0.1, 0.15) is 11.1 Å². The molecule has 0 saturated carbocycles. The maximum Gasteiger partial charge on any atom is 0.235 e. The fourth-order valence-electron chi connectivity index (χ4n) is 3.81. The number of anilines is 2. The number of aromatic nitrogens is 5. The number of fused-ring (bicyclic) bond motifs is 1. The first kappa shape index (κ1) is 21.1. The number of rotatable bonds is 5. The topological polar surface area (TPSA) is 102 Å². The molecule has 0 aliphatic carbocycles. The number of pyridine rings is 1. The van der Waals surface area contributed by atoms with Crippen molar-refractivity contribution in [2.75, 3.05) is 5.32 Å². The predicted octanol–water partition coefficient (Wildman–Crippen LogP) is 5.45. The van der Waals surface area contributed by atoms with Crippen LogP contribution in [-0.4, -0.2) is 24.7 Å². The number of aryl methyl sites for hydroxylation is 3. The van der Waals surface area contributed by atoms with Crippen molar-refractivity contribution in [3.63, 3.8) is 0 Å². The Morgan fingerprint density at radius 2 is 1.65 bits per heavy atom. The molecular formula is C26H21N7O. The lowest BCUT2D eigenvalue weighted by atomic mass is 10.0. The number of nitriles is 1. The molecule has 0 radical (unpaired) electrons. The molecule has 8 heteroatoms. The summed E-state index contributed by atoms with van der Waals surface area (Å²) in [5.41, 5.74) is 6.16. The quantitative estimate of drug-likeness (QED) is 0.382. The highest BCUT2D eigenvalue weighted by Gasteiger charge is 2.17. The van der Waals surface area contributed by atoms with Crippen LogP contribution >= 0.6 is 0 Å². The Bertz CT molecular complexity index is 1510. The van der Waals surface area contributed by atoms with Gasteiger partial charge in [-0.15, -0.1) is 0 Å². The molecule has 5 rings (SSSR count). The molecule has 166 valence electrons. The molecule has 1 N–H and O–H groups in total. The first-order valence-electron chi connectivity index (χ1n) is 10.7. The normalized spacial score (nSPS) is 10.8. The van der Waals surface area contributed by atoms with Crippen LogP contribution in [0, 0.1) is 25.2 Å². The van der Waals surface area contributed by atoms with Gasteiger partial charge in [0.2, 0.25) is 11.8 Å². The Morgan fingerprint density at radius 1 is 0.941 bits per heavy atom. The highest BCUT2D eigenvalue weighted by molar-refractivity contribution is 5.82. The lowest BCUT2D eigenvalue weighted by Gasteiger charge is -2.15. The number of benzene rings is 2. The van der Waals surface area contributed by atoms with Gasteiger partial charge in [-0.05, 0) is 84.6 Å². The maximum absolute atomic E-state index is 9.02.